The fourth-order valence-electron chi connectivity index (χ4n) is 2.43. The lowest BCUT2D eigenvalue weighted by atomic mass is 10.1. The number of piperazine rings is 1. The molecule has 4 nitrogen and oxygen atoms in total. The molecule has 1 aliphatic rings. The normalized spacial score (nSPS) is 18.3. The van der Waals surface area contributed by atoms with Crippen LogP contribution in [-0.2, 0) is 11.2 Å². The molecule has 0 spiro atoms. The predicted octanol–water partition coefficient (Wildman–Crippen LogP) is 2.76. The number of benzene rings is 1. The highest BCUT2D eigenvalue weighted by atomic mass is 35.5. The largest absolute Gasteiger partial charge is 0.573 e. The Bertz CT molecular complexity index is 508. The number of hydrogen-bond donors (Lipinski definition) is 1. The van der Waals surface area contributed by atoms with Crippen molar-refractivity contribution in [3.63, 3.8) is 0 Å². The number of ether oxygens (including phenoxy) is 1. The molecule has 1 aromatic rings. The first kappa shape index (κ1) is 19.6. The third-order valence-corrected chi connectivity index (χ3v) is 3.51. The highest BCUT2D eigenvalue weighted by molar-refractivity contribution is 5.85. The van der Waals surface area contributed by atoms with Crippen LogP contribution in [0.1, 0.15) is 18.9 Å². The van der Waals surface area contributed by atoms with Crippen molar-refractivity contribution < 1.29 is 22.7 Å². The Kier molecular flexibility index (Phi) is 7.15. The number of rotatable bonds is 4. The SMILES string of the molecule is CC1CN(C(=O)CCc2ccc(OC(F)(F)F)cc2)CCN1.Cl. The van der Waals surface area contributed by atoms with Crippen LogP contribution in [0.2, 0.25) is 0 Å². The van der Waals surface area contributed by atoms with E-state index in [9.17, 15) is 18.0 Å². The molecule has 1 saturated heterocycles. The van der Waals surface area contributed by atoms with Gasteiger partial charge in [-0.3, -0.25) is 4.79 Å². The first-order valence-corrected chi connectivity index (χ1v) is 7.19. The molecular weight excluding hydrogens is 333 g/mol. The van der Waals surface area contributed by atoms with Crippen LogP contribution >= 0.6 is 12.4 Å². The molecule has 130 valence electrons. The van der Waals surface area contributed by atoms with Gasteiger partial charge < -0.3 is 15.0 Å². The lowest BCUT2D eigenvalue weighted by molar-refractivity contribution is -0.274. The van der Waals surface area contributed by atoms with Crippen molar-refractivity contribution >= 4 is 18.3 Å². The molecule has 0 aromatic heterocycles. The molecule has 1 N–H and O–H groups in total. The molecule has 1 fully saturated rings. The van der Waals surface area contributed by atoms with E-state index in [0.717, 1.165) is 12.1 Å². The van der Waals surface area contributed by atoms with E-state index in [2.05, 4.69) is 10.1 Å². The Morgan fingerprint density at radius 3 is 2.57 bits per heavy atom. The molecule has 8 heteroatoms. The van der Waals surface area contributed by atoms with E-state index < -0.39 is 6.36 Å². The van der Waals surface area contributed by atoms with Crippen molar-refractivity contribution in [2.75, 3.05) is 19.6 Å². The van der Waals surface area contributed by atoms with Crippen LogP contribution in [0.15, 0.2) is 24.3 Å². The van der Waals surface area contributed by atoms with E-state index >= 15 is 0 Å². The molecule has 0 bridgehead atoms. The van der Waals surface area contributed by atoms with Crippen molar-refractivity contribution in [1.82, 2.24) is 10.2 Å². The maximum atomic E-state index is 12.1. The van der Waals surface area contributed by atoms with Gasteiger partial charge in [0, 0.05) is 32.1 Å². The fraction of sp³-hybridized carbons (Fsp3) is 0.533. The van der Waals surface area contributed by atoms with Gasteiger partial charge in [0.2, 0.25) is 5.91 Å². The van der Waals surface area contributed by atoms with Crippen molar-refractivity contribution in [3.05, 3.63) is 29.8 Å². The summed E-state index contributed by atoms with van der Waals surface area (Å²) < 4.78 is 40.0. The number of alkyl halides is 3. The summed E-state index contributed by atoms with van der Waals surface area (Å²) in [7, 11) is 0. The van der Waals surface area contributed by atoms with E-state index in [4.69, 9.17) is 0 Å². The number of amides is 1. The van der Waals surface area contributed by atoms with Crippen molar-refractivity contribution in [3.8, 4) is 5.75 Å². The van der Waals surface area contributed by atoms with E-state index in [1.807, 2.05) is 11.8 Å². The Labute approximate surface area is 139 Å². The number of nitrogens with one attached hydrogen (secondary N) is 1. The first-order chi connectivity index (χ1) is 10.3. The summed E-state index contributed by atoms with van der Waals surface area (Å²) in [6.07, 6.45) is -3.83. The monoisotopic (exact) mass is 352 g/mol. The summed E-state index contributed by atoms with van der Waals surface area (Å²) >= 11 is 0. The number of carbonyl (C=O) groups is 1. The molecule has 1 aliphatic heterocycles. The Hall–Kier alpha value is -1.47. The van der Waals surface area contributed by atoms with Crippen molar-refractivity contribution in [2.45, 2.75) is 32.2 Å². The average molecular weight is 353 g/mol. The van der Waals surface area contributed by atoms with Crippen LogP contribution in [0, 0.1) is 0 Å². The fourth-order valence-corrected chi connectivity index (χ4v) is 2.43. The van der Waals surface area contributed by atoms with Crippen LogP contribution in [0.5, 0.6) is 5.75 Å². The van der Waals surface area contributed by atoms with Gasteiger partial charge in [-0.25, -0.2) is 0 Å². The van der Waals surface area contributed by atoms with Gasteiger partial charge in [0.25, 0.3) is 0 Å². The summed E-state index contributed by atoms with van der Waals surface area (Å²) in [5.74, 6) is -0.178. The van der Waals surface area contributed by atoms with Gasteiger partial charge in [-0.1, -0.05) is 12.1 Å². The minimum Gasteiger partial charge on any atom is -0.406 e. The quantitative estimate of drug-likeness (QED) is 0.906. The van der Waals surface area contributed by atoms with Gasteiger partial charge in [0.05, 0.1) is 0 Å². The Morgan fingerprint density at radius 1 is 1.35 bits per heavy atom. The van der Waals surface area contributed by atoms with Gasteiger partial charge in [-0.15, -0.1) is 25.6 Å². The van der Waals surface area contributed by atoms with Gasteiger partial charge in [-0.05, 0) is 31.0 Å². The van der Waals surface area contributed by atoms with Gasteiger partial charge in [-0.2, -0.15) is 0 Å². The van der Waals surface area contributed by atoms with E-state index in [-0.39, 0.29) is 30.1 Å². The molecule has 0 radical (unpaired) electrons. The van der Waals surface area contributed by atoms with Gasteiger partial charge in [0.1, 0.15) is 5.75 Å². The number of aryl methyl sites for hydroxylation is 1. The van der Waals surface area contributed by atoms with Crippen LogP contribution in [0.25, 0.3) is 0 Å². The first-order valence-electron chi connectivity index (χ1n) is 7.19. The molecule has 1 aromatic carbocycles. The second kappa shape index (κ2) is 8.40. The smallest absolute Gasteiger partial charge is 0.406 e. The zero-order valence-electron chi connectivity index (χ0n) is 12.7. The van der Waals surface area contributed by atoms with Crippen LogP contribution in [-0.4, -0.2) is 42.8 Å². The molecule has 1 atom stereocenters. The third-order valence-electron chi connectivity index (χ3n) is 3.51. The summed E-state index contributed by atoms with van der Waals surface area (Å²) in [5.41, 5.74) is 0.811. The number of carbonyl (C=O) groups excluding carboxylic acids is 1. The molecule has 0 aliphatic carbocycles. The molecule has 2 rings (SSSR count). The zero-order chi connectivity index (χ0) is 16.2. The second-order valence-electron chi connectivity index (χ2n) is 5.39. The summed E-state index contributed by atoms with van der Waals surface area (Å²) in [5, 5.41) is 3.27. The summed E-state index contributed by atoms with van der Waals surface area (Å²) in [6.45, 7) is 4.20. The highest BCUT2D eigenvalue weighted by Crippen LogP contribution is 2.23. The zero-order valence-corrected chi connectivity index (χ0v) is 13.5. The predicted molar refractivity (Wildman–Crippen MR) is 82.7 cm³/mol. The van der Waals surface area contributed by atoms with Gasteiger partial charge in [0.15, 0.2) is 0 Å². The molecule has 1 heterocycles. The van der Waals surface area contributed by atoms with Crippen molar-refractivity contribution in [2.24, 2.45) is 0 Å². The third kappa shape index (κ3) is 6.66. The molecular formula is C15H20ClF3N2O2. The Balaban J connectivity index is 0.00000264. The maximum Gasteiger partial charge on any atom is 0.573 e. The van der Waals surface area contributed by atoms with E-state index in [1.54, 1.807) is 12.1 Å². The highest BCUT2D eigenvalue weighted by Gasteiger charge is 2.30. The van der Waals surface area contributed by atoms with Crippen LogP contribution in [0.4, 0.5) is 13.2 Å². The average Bonchev–Trinajstić information content (AvgIpc) is 2.44. The van der Waals surface area contributed by atoms with Crippen molar-refractivity contribution in [1.29, 1.82) is 0 Å². The van der Waals surface area contributed by atoms with E-state index in [0.29, 0.717) is 25.9 Å². The molecule has 1 unspecified atom stereocenters. The van der Waals surface area contributed by atoms with Gasteiger partial charge >= 0.3 is 6.36 Å². The lowest BCUT2D eigenvalue weighted by Gasteiger charge is -2.32. The molecule has 23 heavy (non-hydrogen) atoms. The van der Waals surface area contributed by atoms with E-state index in [1.165, 1.54) is 12.1 Å². The standard InChI is InChI=1S/C15H19F3N2O2.ClH/c1-11-10-20(9-8-19-11)14(21)7-4-12-2-5-13(6-3-12)22-15(16,17)18;/h2-3,5-6,11,19H,4,7-10H2,1H3;1H. The molecule has 0 saturated carbocycles. The summed E-state index contributed by atoms with van der Waals surface area (Å²) in [4.78, 5) is 13.9. The lowest BCUT2D eigenvalue weighted by Crippen LogP contribution is -2.51. The second-order valence-corrected chi connectivity index (χ2v) is 5.39. The minimum absolute atomic E-state index is 0. The molecule has 1 amide bonds. The topological polar surface area (TPSA) is 41.6 Å². The number of halogens is 4. The minimum atomic E-state index is -4.68. The van der Waals surface area contributed by atoms with Crippen LogP contribution in [0.3, 0.4) is 0 Å². The maximum absolute atomic E-state index is 12.1. The Morgan fingerprint density at radius 2 is 2.00 bits per heavy atom. The summed E-state index contributed by atoms with van der Waals surface area (Å²) in [6, 6.07) is 5.92. The number of hydrogen-bond acceptors (Lipinski definition) is 3. The van der Waals surface area contributed by atoms with Crippen LogP contribution < -0.4 is 10.1 Å². The number of nitrogens with zero attached hydrogens (tertiary/aromatic N) is 1.